The highest BCUT2D eigenvalue weighted by atomic mass is 35.5. The largest absolute Gasteiger partial charge is 0.476 e. The maximum absolute atomic E-state index is 5.61. The predicted molar refractivity (Wildman–Crippen MR) is 44.8 cm³/mol. The highest BCUT2D eigenvalue weighted by Crippen LogP contribution is 2.20. The number of halogens is 1. The Labute approximate surface area is 70.1 Å². The molecule has 3 nitrogen and oxygen atoms in total. The van der Waals surface area contributed by atoms with E-state index in [1.54, 1.807) is 12.1 Å². The van der Waals surface area contributed by atoms with Gasteiger partial charge in [-0.2, -0.15) is 4.98 Å². The molecule has 60 valence electrons. The Kier molecular flexibility index (Phi) is 2.54. The van der Waals surface area contributed by atoms with Crippen LogP contribution in [0.25, 0.3) is 0 Å². The minimum atomic E-state index is 0.391. The first-order chi connectivity index (χ1) is 5.24. The van der Waals surface area contributed by atoms with Gasteiger partial charge in [-0.25, -0.2) is 0 Å². The first kappa shape index (κ1) is 8.14. The van der Waals surface area contributed by atoms with Crippen LogP contribution < -0.4 is 10.5 Å². The standard InChI is InChI=1S/C7H9ClN2O/c1-2-11-7-5(9)3-4-6(8)10-7/h3-4H,2,9H2,1H3. The van der Waals surface area contributed by atoms with Crippen molar-refractivity contribution in [2.75, 3.05) is 12.3 Å². The molecule has 0 atom stereocenters. The molecule has 1 aromatic heterocycles. The zero-order chi connectivity index (χ0) is 8.27. The van der Waals surface area contributed by atoms with E-state index in [2.05, 4.69) is 4.98 Å². The quantitative estimate of drug-likeness (QED) is 0.691. The lowest BCUT2D eigenvalue weighted by Gasteiger charge is -2.04. The number of nitrogens with zero attached hydrogens (tertiary/aromatic N) is 1. The number of nitrogen functional groups attached to an aromatic ring is 1. The van der Waals surface area contributed by atoms with Gasteiger partial charge in [0.2, 0.25) is 5.88 Å². The normalized spacial score (nSPS) is 9.64. The fourth-order valence-corrected chi connectivity index (χ4v) is 0.821. The molecule has 1 aromatic rings. The van der Waals surface area contributed by atoms with Crippen LogP contribution in [0.15, 0.2) is 12.1 Å². The number of hydrogen-bond donors (Lipinski definition) is 1. The van der Waals surface area contributed by atoms with Crippen LogP contribution >= 0.6 is 11.6 Å². The van der Waals surface area contributed by atoms with E-state index in [1.165, 1.54) is 0 Å². The molecule has 1 heterocycles. The summed E-state index contributed by atoms with van der Waals surface area (Å²) in [5.74, 6) is 0.403. The summed E-state index contributed by atoms with van der Waals surface area (Å²) in [4.78, 5) is 3.88. The summed E-state index contributed by atoms with van der Waals surface area (Å²) in [5.41, 5.74) is 6.04. The van der Waals surface area contributed by atoms with Crippen molar-refractivity contribution in [3.8, 4) is 5.88 Å². The smallest absolute Gasteiger partial charge is 0.238 e. The van der Waals surface area contributed by atoms with Crippen LogP contribution in [0.2, 0.25) is 5.15 Å². The van der Waals surface area contributed by atoms with Gasteiger partial charge in [0.05, 0.1) is 12.3 Å². The maximum Gasteiger partial charge on any atom is 0.238 e. The molecule has 0 bridgehead atoms. The summed E-state index contributed by atoms with van der Waals surface area (Å²) < 4.78 is 5.10. The Hall–Kier alpha value is -0.960. The average molecular weight is 173 g/mol. The first-order valence-corrected chi connectivity index (χ1v) is 3.66. The lowest BCUT2D eigenvalue weighted by Crippen LogP contribution is -1.98. The molecule has 0 fully saturated rings. The van der Waals surface area contributed by atoms with Gasteiger partial charge >= 0.3 is 0 Å². The SMILES string of the molecule is CCOc1nc(Cl)ccc1N. The molecular weight excluding hydrogens is 164 g/mol. The molecule has 0 aromatic carbocycles. The van der Waals surface area contributed by atoms with Gasteiger partial charge in [0, 0.05) is 0 Å². The van der Waals surface area contributed by atoms with E-state index in [4.69, 9.17) is 22.1 Å². The van der Waals surface area contributed by atoms with Gasteiger partial charge < -0.3 is 10.5 Å². The van der Waals surface area contributed by atoms with Crippen molar-refractivity contribution in [2.24, 2.45) is 0 Å². The molecule has 4 heteroatoms. The van der Waals surface area contributed by atoms with E-state index in [0.717, 1.165) is 0 Å². The molecule has 0 spiro atoms. The summed E-state index contributed by atoms with van der Waals surface area (Å²) in [7, 11) is 0. The third kappa shape index (κ3) is 1.98. The lowest BCUT2D eigenvalue weighted by molar-refractivity contribution is 0.329. The summed E-state index contributed by atoms with van der Waals surface area (Å²) in [6.07, 6.45) is 0. The fourth-order valence-electron chi connectivity index (χ4n) is 0.681. The molecule has 0 saturated carbocycles. The van der Waals surface area contributed by atoms with E-state index in [0.29, 0.717) is 23.3 Å². The van der Waals surface area contributed by atoms with Crippen LogP contribution in [0.1, 0.15) is 6.92 Å². The van der Waals surface area contributed by atoms with Crippen LogP contribution in [0.4, 0.5) is 5.69 Å². The lowest BCUT2D eigenvalue weighted by atomic mass is 10.4. The van der Waals surface area contributed by atoms with Crippen molar-refractivity contribution in [1.29, 1.82) is 0 Å². The Bertz CT molecular complexity index is 252. The molecule has 0 aliphatic carbocycles. The topological polar surface area (TPSA) is 48.1 Å². The zero-order valence-corrected chi connectivity index (χ0v) is 6.93. The summed E-state index contributed by atoms with van der Waals surface area (Å²) in [6, 6.07) is 3.29. The monoisotopic (exact) mass is 172 g/mol. The van der Waals surface area contributed by atoms with Crippen molar-refractivity contribution in [3.63, 3.8) is 0 Å². The third-order valence-corrected chi connectivity index (χ3v) is 1.35. The maximum atomic E-state index is 5.61. The molecule has 0 radical (unpaired) electrons. The second-order valence-electron chi connectivity index (χ2n) is 1.96. The van der Waals surface area contributed by atoms with E-state index in [9.17, 15) is 0 Å². The second kappa shape index (κ2) is 3.44. The Balaban J connectivity index is 2.93. The van der Waals surface area contributed by atoms with E-state index in [1.807, 2.05) is 6.92 Å². The minimum absolute atomic E-state index is 0.391. The predicted octanol–water partition coefficient (Wildman–Crippen LogP) is 1.72. The van der Waals surface area contributed by atoms with Crippen molar-refractivity contribution in [1.82, 2.24) is 4.98 Å². The van der Waals surface area contributed by atoms with Gasteiger partial charge in [-0.3, -0.25) is 0 Å². The van der Waals surface area contributed by atoms with Crippen LogP contribution in [0, 0.1) is 0 Å². The van der Waals surface area contributed by atoms with E-state index in [-0.39, 0.29) is 0 Å². The van der Waals surface area contributed by atoms with Crippen LogP contribution in [-0.2, 0) is 0 Å². The van der Waals surface area contributed by atoms with E-state index >= 15 is 0 Å². The highest BCUT2D eigenvalue weighted by Gasteiger charge is 2.00. The summed E-state index contributed by atoms with van der Waals surface area (Å²) >= 11 is 5.61. The Morgan fingerprint density at radius 1 is 1.64 bits per heavy atom. The average Bonchev–Trinajstić information content (AvgIpc) is 1.98. The summed E-state index contributed by atoms with van der Waals surface area (Å²) in [5, 5.41) is 0.391. The second-order valence-corrected chi connectivity index (χ2v) is 2.35. The molecular formula is C7H9ClN2O. The number of aromatic nitrogens is 1. The Morgan fingerprint density at radius 3 is 3.00 bits per heavy atom. The zero-order valence-electron chi connectivity index (χ0n) is 6.17. The van der Waals surface area contributed by atoms with Crippen molar-refractivity contribution < 1.29 is 4.74 Å². The fraction of sp³-hybridized carbons (Fsp3) is 0.286. The molecule has 0 aliphatic rings. The van der Waals surface area contributed by atoms with Crippen LogP contribution in [0.3, 0.4) is 0 Å². The third-order valence-electron chi connectivity index (χ3n) is 1.14. The number of anilines is 1. The molecule has 1 rings (SSSR count). The molecule has 0 aliphatic heterocycles. The molecule has 11 heavy (non-hydrogen) atoms. The molecule has 0 unspecified atom stereocenters. The first-order valence-electron chi connectivity index (χ1n) is 3.29. The van der Waals surface area contributed by atoms with Gasteiger partial charge in [0.1, 0.15) is 5.15 Å². The highest BCUT2D eigenvalue weighted by molar-refractivity contribution is 6.29. The molecule has 0 amide bonds. The molecule has 0 saturated heterocycles. The van der Waals surface area contributed by atoms with Gasteiger partial charge in [-0.15, -0.1) is 0 Å². The van der Waals surface area contributed by atoms with Gasteiger partial charge in [0.15, 0.2) is 0 Å². The summed E-state index contributed by atoms with van der Waals surface area (Å²) in [6.45, 7) is 2.40. The number of rotatable bonds is 2. The van der Waals surface area contributed by atoms with Crippen molar-refractivity contribution in [3.05, 3.63) is 17.3 Å². The van der Waals surface area contributed by atoms with E-state index < -0.39 is 0 Å². The van der Waals surface area contributed by atoms with Crippen LogP contribution in [0.5, 0.6) is 5.88 Å². The van der Waals surface area contributed by atoms with Gasteiger partial charge in [-0.05, 0) is 19.1 Å². The number of hydrogen-bond acceptors (Lipinski definition) is 3. The van der Waals surface area contributed by atoms with Crippen molar-refractivity contribution >= 4 is 17.3 Å². The number of ether oxygens (including phenoxy) is 1. The number of nitrogens with two attached hydrogens (primary N) is 1. The van der Waals surface area contributed by atoms with Crippen LogP contribution in [-0.4, -0.2) is 11.6 Å². The Morgan fingerprint density at radius 2 is 2.36 bits per heavy atom. The minimum Gasteiger partial charge on any atom is -0.476 e. The van der Waals surface area contributed by atoms with Gasteiger partial charge in [-0.1, -0.05) is 11.6 Å². The molecule has 2 N–H and O–H groups in total. The number of pyridine rings is 1. The van der Waals surface area contributed by atoms with Gasteiger partial charge in [0.25, 0.3) is 0 Å². The van der Waals surface area contributed by atoms with Crippen molar-refractivity contribution in [2.45, 2.75) is 6.92 Å².